The zero-order valence-corrected chi connectivity index (χ0v) is 14.5. The van der Waals surface area contributed by atoms with Crippen LogP contribution in [0.5, 0.6) is 0 Å². The maximum absolute atomic E-state index is 13.4. The highest BCUT2D eigenvalue weighted by molar-refractivity contribution is 7.14. The molecule has 1 aromatic carbocycles. The van der Waals surface area contributed by atoms with Crippen LogP contribution in [0.4, 0.5) is 9.52 Å². The molecular formula is C17H14FN3O4S. The fourth-order valence-corrected chi connectivity index (χ4v) is 3.03. The number of esters is 1. The number of hydrogen-bond acceptors (Lipinski definition) is 6. The maximum Gasteiger partial charge on any atom is 0.311 e. The van der Waals surface area contributed by atoms with E-state index < -0.39 is 23.1 Å². The summed E-state index contributed by atoms with van der Waals surface area (Å²) >= 11 is 1.12. The zero-order chi connectivity index (χ0) is 18.7. The molecule has 1 amide bonds. The average Bonchev–Trinajstić information content (AvgIpc) is 3.02. The number of H-pyrrole nitrogens is 1. The van der Waals surface area contributed by atoms with Gasteiger partial charge in [-0.3, -0.25) is 19.7 Å². The summed E-state index contributed by atoms with van der Waals surface area (Å²) in [5.41, 5.74) is 0.140. The van der Waals surface area contributed by atoms with Crippen molar-refractivity contribution in [2.24, 2.45) is 0 Å². The molecule has 0 saturated heterocycles. The Morgan fingerprint density at radius 3 is 2.96 bits per heavy atom. The first-order valence-electron chi connectivity index (χ1n) is 7.70. The minimum absolute atomic E-state index is 0.00392. The van der Waals surface area contributed by atoms with Crippen LogP contribution < -0.4 is 10.7 Å². The summed E-state index contributed by atoms with van der Waals surface area (Å²) in [6.45, 7) is 1.98. The van der Waals surface area contributed by atoms with Crippen molar-refractivity contribution in [2.45, 2.75) is 13.3 Å². The molecule has 0 aliphatic rings. The van der Waals surface area contributed by atoms with Gasteiger partial charge in [-0.1, -0.05) is 0 Å². The number of halogens is 1. The minimum Gasteiger partial charge on any atom is -0.466 e. The van der Waals surface area contributed by atoms with Gasteiger partial charge in [0, 0.05) is 22.5 Å². The number of thiazole rings is 1. The summed E-state index contributed by atoms with van der Waals surface area (Å²) in [6.07, 6.45) is 1.26. The maximum atomic E-state index is 13.4. The molecule has 3 aromatic rings. The third-order valence-corrected chi connectivity index (χ3v) is 4.30. The molecule has 0 atom stereocenters. The molecule has 0 unspecified atom stereocenters. The van der Waals surface area contributed by atoms with Crippen molar-refractivity contribution in [3.8, 4) is 0 Å². The van der Waals surface area contributed by atoms with Crippen LogP contribution in [0.2, 0.25) is 0 Å². The molecule has 0 spiro atoms. The molecule has 0 fully saturated rings. The van der Waals surface area contributed by atoms with E-state index in [1.165, 1.54) is 18.3 Å². The van der Waals surface area contributed by atoms with E-state index in [1.807, 2.05) is 0 Å². The first-order chi connectivity index (χ1) is 12.5. The van der Waals surface area contributed by atoms with E-state index in [2.05, 4.69) is 15.3 Å². The second-order valence-corrected chi connectivity index (χ2v) is 6.16. The van der Waals surface area contributed by atoms with Crippen molar-refractivity contribution < 1.29 is 18.7 Å². The number of anilines is 1. The summed E-state index contributed by atoms with van der Waals surface area (Å²) in [4.78, 5) is 43.1. The highest BCUT2D eigenvalue weighted by atomic mass is 32.1. The van der Waals surface area contributed by atoms with Crippen molar-refractivity contribution in [1.82, 2.24) is 9.97 Å². The lowest BCUT2D eigenvalue weighted by Gasteiger charge is -2.03. The number of ether oxygens (including phenoxy) is 1. The largest absolute Gasteiger partial charge is 0.466 e. The molecule has 26 heavy (non-hydrogen) atoms. The van der Waals surface area contributed by atoms with Gasteiger partial charge in [0.15, 0.2) is 5.13 Å². The summed E-state index contributed by atoms with van der Waals surface area (Å²) in [7, 11) is 0. The van der Waals surface area contributed by atoms with Crippen molar-refractivity contribution in [2.75, 3.05) is 11.9 Å². The van der Waals surface area contributed by atoms with Crippen LogP contribution in [0, 0.1) is 5.82 Å². The Labute approximate surface area is 150 Å². The minimum atomic E-state index is -0.672. The van der Waals surface area contributed by atoms with Gasteiger partial charge in [0.05, 0.1) is 18.7 Å². The Bertz CT molecular complexity index is 1040. The van der Waals surface area contributed by atoms with E-state index in [4.69, 9.17) is 4.74 Å². The predicted molar refractivity (Wildman–Crippen MR) is 94.9 cm³/mol. The molecule has 2 heterocycles. The number of fused-ring (bicyclic) bond motifs is 1. The monoisotopic (exact) mass is 375 g/mol. The van der Waals surface area contributed by atoms with E-state index in [1.54, 1.807) is 12.3 Å². The van der Waals surface area contributed by atoms with Gasteiger partial charge < -0.3 is 9.72 Å². The number of aromatic nitrogens is 2. The zero-order valence-electron chi connectivity index (χ0n) is 13.7. The Morgan fingerprint density at radius 2 is 2.19 bits per heavy atom. The number of carbonyl (C=O) groups excluding carboxylic acids is 2. The first-order valence-corrected chi connectivity index (χ1v) is 8.58. The second kappa shape index (κ2) is 7.44. The SMILES string of the molecule is CCOC(=O)Cc1csc(NC(=O)c2c[nH]c3ccc(F)cc3c2=O)n1. The van der Waals surface area contributed by atoms with Crippen LogP contribution in [0.15, 0.2) is 34.6 Å². The number of rotatable bonds is 5. The summed E-state index contributed by atoms with van der Waals surface area (Å²) < 4.78 is 18.2. The van der Waals surface area contributed by atoms with E-state index in [0.717, 1.165) is 17.4 Å². The standard InChI is InChI=1S/C17H14FN3O4S/c1-2-25-14(22)6-10-8-26-17(20-10)21-16(24)12-7-19-13-4-3-9(18)5-11(13)15(12)23/h3-5,7-8H,2,6H2,1H3,(H,19,23)(H,20,21,24). The number of aromatic amines is 1. The molecule has 134 valence electrons. The van der Waals surface area contributed by atoms with Gasteiger partial charge in [0.25, 0.3) is 5.91 Å². The molecule has 0 aliphatic carbocycles. The summed E-state index contributed by atoms with van der Waals surface area (Å²) in [6, 6.07) is 3.72. The van der Waals surface area contributed by atoms with Crippen molar-refractivity contribution in [3.05, 3.63) is 57.1 Å². The molecule has 3 rings (SSSR count). The lowest BCUT2D eigenvalue weighted by molar-refractivity contribution is -0.142. The molecule has 2 N–H and O–H groups in total. The number of nitrogens with one attached hydrogen (secondary N) is 2. The van der Waals surface area contributed by atoms with Crippen molar-refractivity contribution in [3.63, 3.8) is 0 Å². The number of amides is 1. The normalized spacial score (nSPS) is 10.7. The molecule has 0 saturated carbocycles. The van der Waals surface area contributed by atoms with Crippen LogP contribution in [0.1, 0.15) is 23.0 Å². The lowest BCUT2D eigenvalue weighted by Crippen LogP contribution is -2.22. The topological polar surface area (TPSA) is 101 Å². The van der Waals surface area contributed by atoms with Crippen LogP contribution >= 0.6 is 11.3 Å². The van der Waals surface area contributed by atoms with Crippen LogP contribution in [0.25, 0.3) is 10.9 Å². The molecule has 0 aliphatic heterocycles. The van der Waals surface area contributed by atoms with Gasteiger partial charge >= 0.3 is 5.97 Å². The van der Waals surface area contributed by atoms with Crippen LogP contribution in [-0.2, 0) is 16.0 Å². The van der Waals surface area contributed by atoms with Crippen molar-refractivity contribution >= 4 is 39.2 Å². The smallest absolute Gasteiger partial charge is 0.311 e. The molecule has 0 bridgehead atoms. The van der Waals surface area contributed by atoms with Gasteiger partial charge in [0.2, 0.25) is 5.43 Å². The number of carbonyl (C=O) groups is 2. The molecule has 2 aromatic heterocycles. The molecule has 0 radical (unpaired) electrons. The average molecular weight is 375 g/mol. The number of nitrogens with zero attached hydrogens (tertiary/aromatic N) is 1. The summed E-state index contributed by atoms with van der Waals surface area (Å²) in [5, 5.41) is 4.45. The Balaban J connectivity index is 1.79. The molecule has 7 nitrogen and oxygen atoms in total. The van der Waals surface area contributed by atoms with Gasteiger partial charge in [-0.15, -0.1) is 11.3 Å². The second-order valence-electron chi connectivity index (χ2n) is 5.30. The van der Waals surface area contributed by atoms with Gasteiger partial charge in [-0.2, -0.15) is 0 Å². The third kappa shape index (κ3) is 3.77. The lowest BCUT2D eigenvalue weighted by atomic mass is 10.1. The predicted octanol–water partition coefficient (Wildman–Crippen LogP) is 2.48. The highest BCUT2D eigenvalue weighted by Gasteiger charge is 2.16. The quantitative estimate of drug-likeness (QED) is 0.667. The number of hydrogen-bond donors (Lipinski definition) is 2. The number of benzene rings is 1. The fraction of sp³-hybridized carbons (Fsp3) is 0.176. The van der Waals surface area contributed by atoms with E-state index in [-0.39, 0.29) is 29.1 Å². The Kier molecular flexibility index (Phi) is 5.08. The highest BCUT2D eigenvalue weighted by Crippen LogP contribution is 2.17. The fourth-order valence-electron chi connectivity index (χ4n) is 2.33. The van der Waals surface area contributed by atoms with Crippen LogP contribution in [0.3, 0.4) is 0 Å². The van der Waals surface area contributed by atoms with Crippen LogP contribution in [-0.4, -0.2) is 28.5 Å². The van der Waals surface area contributed by atoms with Gasteiger partial charge in [-0.25, -0.2) is 9.37 Å². The Hall–Kier alpha value is -3.07. The Morgan fingerprint density at radius 1 is 1.38 bits per heavy atom. The first kappa shape index (κ1) is 17.7. The summed E-state index contributed by atoms with van der Waals surface area (Å²) in [5.74, 6) is -1.65. The third-order valence-electron chi connectivity index (χ3n) is 3.49. The van der Waals surface area contributed by atoms with Gasteiger partial charge in [0.1, 0.15) is 11.4 Å². The van der Waals surface area contributed by atoms with Gasteiger partial charge in [-0.05, 0) is 25.1 Å². The van der Waals surface area contributed by atoms with E-state index >= 15 is 0 Å². The molecular weight excluding hydrogens is 361 g/mol. The van der Waals surface area contributed by atoms with E-state index in [9.17, 15) is 18.8 Å². The van der Waals surface area contributed by atoms with E-state index in [0.29, 0.717) is 11.2 Å². The molecule has 9 heteroatoms. The van der Waals surface area contributed by atoms with Crippen molar-refractivity contribution in [1.29, 1.82) is 0 Å². The number of pyridine rings is 1.